The van der Waals surface area contributed by atoms with Crippen LogP contribution in [0.5, 0.6) is 0 Å². The van der Waals surface area contributed by atoms with E-state index >= 15 is 0 Å². The van der Waals surface area contributed by atoms with Crippen molar-refractivity contribution in [3.63, 3.8) is 0 Å². The largest absolute Gasteiger partial charge is 0.465 e. The molecule has 8 atom stereocenters. The van der Waals surface area contributed by atoms with Gasteiger partial charge in [0.05, 0.1) is 12.7 Å². The summed E-state index contributed by atoms with van der Waals surface area (Å²) in [5.74, 6) is -1.30. The van der Waals surface area contributed by atoms with Crippen LogP contribution in [0.3, 0.4) is 0 Å². The number of carbonyl (C=O) groups is 2. The summed E-state index contributed by atoms with van der Waals surface area (Å²) in [6.07, 6.45) is 4.38. The number of carbonyl (C=O) groups excluding carboxylic acids is 2. The Morgan fingerprint density at radius 2 is 1.97 bits per heavy atom. The van der Waals surface area contributed by atoms with Gasteiger partial charge in [-0.25, -0.2) is 0 Å². The second-order valence-electron chi connectivity index (χ2n) is 10.9. The van der Waals surface area contributed by atoms with E-state index in [0.717, 1.165) is 0 Å². The lowest BCUT2D eigenvalue weighted by Crippen LogP contribution is -2.52. The Kier molecular flexibility index (Phi) is 5.31. The van der Waals surface area contributed by atoms with Gasteiger partial charge in [0.15, 0.2) is 5.78 Å². The third-order valence-corrected chi connectivity index (χ3v) is 9.11. The molecule has 0 heterocycles. The predicted molar refractivity (Wildman–Crippen MR) is 115 cm³/mol. The molecule has 0 saturated heterocycles. The summed E-state index contributed by atoms with van der Waals surface area (Å²) in [6.45, 7) is 9.80. The van der Waals surface area contributed by atoms with Crippen LogP contribution in [-0.4, -0.2) is 52.0 Å². The van der Waals surface area contributed by atoms with E-state index < -0.39 is 23.0 Å². The summed E-state index contributed by atoms with van der Waals surface area (Å²) < 4.78 is 5.64. The fourth-order valence-corrected chi connectivity index (χ4v) is 7.57. The smallest absolute Gasteiger partial charge is 0.305 e. The molecule has 2 saturated carbocycles. The van der Waals surface area contributed by atoms with E-state index in [1.165, 1.54) is 0 Å². The Morgan fingerprint density at radius 1 is 1.29 bits per heavy atom. The number of hydrogen-bond acceptors (Lipinski definition) is 6. The van der Waals surface area contributed by atoms with E-state index in [-0.39, 0.29) is 60.5 Å². The Bertz CT molecular complexity index is 856. The number of hydrogen-bond donors (Lipinski definition) is 3. The third kappa shape index (κ3) is 2.87. The number of esters is 1. The number of aliphatic hydroxyl groups excluding tert-OH is 2. The van der Waals surface area contributed by atoms with Gasteiger partial charge in [0.2, 0.25) is 0 Å². The van der Waals surface area contributed by atoms with Gasteiger partial charge in [0.1, 0.15) is 12.2 Å². The Labute approximate surface area is 184 Å². The molecule has 0 aromatic heterocycles. The van der Waals surface area contributed by atoms with Crippen LogP contribution in [0.15, 0.2) is 23.3 Å². The first-order valence-corrected chi connectivity index (χ1v) is 11.6. The number of rotatable bonds is 5. The molecule has 4 aliphatic carbocycles. The number of Topliss-reactive ketones (excluding diaryl/α,β-unsaturated/α-hetero) is 1. The van der Waals surface area contributed by atoms with Crippen LogP contribution >= 0.6 is 0 Å². The van der Waals surface area contributed by atoms with E-state index in [9.17, 15) is 24.9 Å². The van der Waals surface area contributed by atoms with E-state index in [0.29, 0.717) is 24.0 Å². The number of ketones is 1. The lowest BCUT2D eigenvalue weighted by molar-refractivity contribution is -0.154. The van der Waals surface area contributed by atoms with Crippen molar-refractivity contribution in [2.45, 2.75) is 65.6 Å². The fraction of sp³-hybridized carbons (Fsp3) is 0.760. The van der Waals surface area contributed by atoms with Gasteiger partial charge >= 0.3 is 5.97 Å². The van der Waals surface area contributed by atoms with Crippen molar-refractivity contribution >= 4 is 11.8 Å². The van der Waals surface area contributed by atoms with E-state index in [2.05, 4.69) is 13.8 Å². The quantitative estimate of drug-likeness (QED) is 0.455. The van der Waals surface area contributed by atoms with Crippen molar-refractivity contribution < 1.29 is 29.6 Å². The third-order valence-electron chi connectivity index (χ3n) is 9.11. The second-order valence-corrected chi connectivity index (χ2v) is 10.9. The van der Waals surface area contributed by atoms with Gasteiger partial charge in [0.25, 0.3) is 0 Å². The first-order chi connectivity index (χ1) is 14.5. The molecule has 0 spiro atoms. The molecule has 0 amide bonds. The SMILES string of the molecule is CCCC(=O)OC[C@@]12[C@H](O)[C@@H](C)C3[C@@H](C=C(CO)C[C@]4(O)C(=O)C(C)=C[C@@H]34)[C@@H]1C2(C)C. The minimum absolute atomic E-state index is 0.0268. The average Bonchev–Trinajstić information content (AvgIpc) is 3.18. The molecule has 0 bridgehead atoms. The van der Waals surface area contributed by atoms with Gasteiger partial charge in [-0.3, -0.25) is 9.59 Å². The molecular weight excluding hydrogens is 396 g/mol. The summed E-state index contributed by atoms with van der Waals surface area (Å²) in [6, 6.07) is 0. The van der Waals surface area contributed by atoms with Gasteiger partial charge < -0.3 is 20.1 Å². The number of aliphatic hydroxyl groups is 3. The van der Waals surface area contributed by atoms with Gasteiger partial charge in [-0.15, -0.1) is 0 Å². The lowest BCUT2D eigenvalue weighted by atomic mass is 9.60. The maximum atomic E-state index is 12.9. The monoisotopic (exact) mass is 432 g/mol. The Hall–Kier alpha value is -1.50. The highest BCUT2D eigenvalue weighted by Gasteiger charge is 2.81. The van der Waals surface area contributed by atoms with E-state index in [4.69, 9.17) is 4.74 Å². The van der Waals surface area contributed by atoms with Gasteiger partial charge in [-0.1, -0.05) is 39.8 Å². The molecule has 6 nitrogen and oxygen atoms in total. The first kappa shape index (κ1) is 22.7. The molecule has 0 aliphatic heterocycles. The summed E-state index contributed by atoms with van der Waals surface area (Å²) in [5, 5.41) is 33.1. The fourth-order valence-electron chi connectivity index (χ4n) is 7.57. The van der Waals surface area contributed by atoms with Crippen molar-refractivity contribution in [2.75, 3.05) is 13.2 Å². The minimum atomic E-state index is -1.57. The molecule has 1 unspecified atom stereocenters. The summed E-state index contributed by atoms with van der Waals surface area (Å²) in [5.41, 5.74) is -1.21. The highest BCUT2D eigenvalue weighted by molar-refractivity contribution is 6.04. The van der Waals surface area contributed by atoms with Crippen LogP contribution in [0.25, 0.3) is 0 Å². The lowest BCUT2D eigenvalue weighted by Gasteiger charge is -2.46. The molecule has 0 aromatic carbocycles. The van der Waals surface area contributed by atoms with Gasteiger partial charge in [-0.2, -0.15) is 0 Å². The zero-order valence-corrected chi connectivity index (χ0v) is 19.2. The van der Waals surface area contributed by atoms with Crippen LogP contribution in [0.2, 0.25) is 0 Å². The highest BCUT2D eigenvalue weighted by Crippen LogP contribution is 2.79. The zero-order chi connectivity index (χ0) is 22.9. The van der Waals surface area contributed by atoms with Crippen LogP contribution in [0.1, 0.15) is 53.9 Å². The number of ether oxygens (including phenoxy) is 1. The summed E-state index contributed by atoms with van der Waals surface area (Å²) in [4.78, 5) is 25.0. The molecule has 3 N–H and O–H groups in total. The van der Waals surface area contributed by atoms with Crippen molar-refractivity contribution in [3.05, 3.63) is 23.3 Å². The van der Waals surface area contributed by atoms with Crippen molar-refractivity contribution in [1.82, 2.24) is 0 Å². The van der Waals surface area contributed by atoms with Crippen molar-refractivity contribution in [1.29, 1.82) is 0 Å². The molecule has 31 heavy (non-hydrogen) atoms. The van der Waals surface area contributed by atoms with Crippen molar-refractivity contribution in [3.8, 4) is 0 Å². The molecular formula is C25H36O6. The molecule has 6 heteroatoms. The maximum Gasteiger partial charge on any atom is 0.305 e. The first-order valence-electron chi connectivity index (χ1n) is 11.6. The maximum absolute atomic E-state index is 12.9. The van der Waals surface area contributed by atoms with Gasteiger partial charge in [0, 0.05) is 24.2 Å². The second kappa shape index (κ2) is 7.26. The van der Waals surface area contributed by atoms with E-state index in [1.807, 2.05) is 26.0 Å². The molecule has 4 rings (SSSR count). The molecule has 0 aromatic rings. The Morgan fingerprint density at radius 3 is 2.58 bits per heavy atom. The van der Waals surface area contributed by atoms with Crippen LogP contribution in [-0.2, 0) is 14.3 Å². The van der Waals surface area contributed by atoms with Crippen molar-refractivity contribution in [2.24, 2.45) is 40.4 Å². The molecule has 2 fully saturated rings. The zero-order valence-electron chi connectivity index (χ0n) is 19.2. The van der Waals surface area contributed by atoms with E-state index in [1.54, 1.807) is 6.92 Å². The normalized spacial score (nSPS) is 45.0. The molecule has 0 radical (unpaired) electrons. The Balaban J connectivity index is 1.76. The summed E-state index contributed by atoms with van der Waals surface area (Å²) >= 11 is 0. The van der Waals surface area contributed by atoms with Gasteiger partial charge in [-0.05, 0) is 53.6 Å². The minimum Gasteiger partial charge on any atom is -0.465 e. The molecule has 4 aliphatic rings. The van der Waals surface area contributed by atoms with Crippen LogP contribution < -0.4 is 0 Å². The standard InChI is InChI=1S/C25H36O6/c1-6-7-18(27)31-12-24-20(23(24,4)5)16-9-15(11-26)10-25(30)17(8-13(2)21(25)28)19(16)14(3)22(24)29/h8-9,14,16-17,19-20,22,26,29-30H,6-7,10-12H2,1-5H3/t14-,16+,17-,19?,20+,22+,24-,25+/m0/s1. The topological polar surface area (TPSA) is 104 Å². The van der Waals surface area contributed by atoms with Crippen LogP contribution in [0, 0.1) is 40.4 Å². The predicted octanol–water partition coefficient (Wildman–Crippen LogP) is 2.41. The number of allylic oxidation sites excluding steroid dienone is 1. The van der Waals surface area contributed by atoms with Crippen LogP contribution in [0.4, 0.5) is 0 Å². The summed E-state index contributed by atoms with van der Waals surface area (Å²) in [7, 11) is 0. The average molecular weight is 433 g/mol. The highest BCUT2D eigenvalue weighted by atomic mass is 16.5. The number of fused-ring (bicyclic) bond motifs is 5. The molecule has 172 valence electrons.